The lowest BCUT2D eigenvalue weighted by Gasteiger charge is -2.17. The first-order valence-electron chi connectivity index (χ1n) is 6.63. The van der Waals surface area contributed by atoms with Gasteiger partial charge >= 0.3 is 0 Å². The maximum atomic E-state index is 12.5. The van der Waals surface area contributed by atoms with Crippen LogP contribution < -0.4 is 4.90 Å². The molecular weight excluding hydrogens is 400 g/mol. The van der Waals surface area contributed by atoms with E-state index >= 15 is 0 Å². The number of rotatable bonds is 4. The van der Waals surface area contributed by atoms with Gasteiger partial charge in [0.05, 0.1) is 14.3 Å². The number of anilines is 1. The van der Waals surface area contributed by atoms with Gasteiger partial charge in [0.2, 0.25) is 0 Å². The summed E-state index contributed by atoms with van der Waals surface area (Å²) in [5.41, 5.74) is 0.416. The van der Waals surface area contributed by atoms with Crippen molar-refractivity contribution in [3.05, 3.63) is 62.6 Å². The molecule has 0 bridgehead atoms. The van der Waals surface area contributed by atoms with E-state index in [9.17, 15) is 23.3 Å². The van der Waals surface area contributed by atoms with E-state index < -0.39 is 20.7 Å². The fraction of sp³-hybridized carbons (Fsp3) is 0.133. The summed E-state index contributed by atoms with van der Waals surface area (Å²) in [7, 11) is -1.82. The Morgan fingerprint density at radius 3 is 2.25 bits per heavy atom. The van der Waals surface area contributed by atoms with E-state index in [2.05, 4.69) is 15.9 Å². The monoisotopic (exact) mass is 412 g/mol. The summed E-state index contributed by atoms with van der Waals surface area (Å²) < 4.78 is 23.2. The topological polar surface area (TPSA) is 97.6 Å². The largest absolute Gasteiger partial charge is 0.311 e. The van der Waals surface area contributed by atoms with E-state index in [4.69, 9.17) is 0 Å². The fourth-order valence-corrected chi connectivity index (χ4v) is 3.04. The van der Waals surface area contributed by atoms with Crippen molar-refractivity contribution in [2.75, 3.05) is 18.2 Å². The van der Waals surface area contributed by atoms with Gasteiger partial charge in [-0.1, -0.05) is 0 Å². The number of nitro groups is 1. The third-order valence-corrected chi connectivity index (χ3v) is 5.15. The van der Waals surface area contributed by atoms with Crippen molar-refractivity contribution in [1.82, 2.24) is 0 Å². The average Bonchev–Trinajstić information content (AvgIpc) is 2.53. The number of nitro benzene ring substituents is 1. The van der Waals surface area contributed by atoms with Crippen molar-refractivity contribution in [3.63, 3.8) is 0 Å². The van der Waals surface area contributed by atoms with Crippen molar-refractivity contribution >= 4 is 43.0 Å². The van der Waals surface area contributed by atoms with Gasteiger partial charge < -0.3 is 4.90 Å². The molecule has 0 spiro atoms. The Balaban J connectivity index is 2.33. The Bertz CT molecular complexity index is 910. The molecule has 0 aliphatic carbocycles. The molecule has 1 amide bonds. The maximum Gasteiger partial charge on any atom is 0.284 e. The third-order valence-electron chi connectivity index (χ3n) is 3.35. The normalized spacial score (nSPS) is 11.1. The predicted octanol–water partition coefficient (Wildman–Crippen LogP) is 3.04. The third kappa shape index (κ3) is 3.80. The van der Waals surface area contributed by atoms with E-state index in [0.717, 1.165) is 6.26 Å². The molecule has 0 fully saturated rings. The van der Waals surface area contributed by atoms with Crippen LogP contribution in [0.2, 0.25) is 0 Å². The number of benzene rings is 2. The summed E-state index contributed by atoms with van der Waals surface area (Å²) in [6.07, 6.45) is 1.10. The van der Waals surface area contributed by atoms with Crippen molar-refractivity contribution in [2.24, 2.45) is 0 Å². The fourth-order valence-electron chi connectivity index (χ4n) is 2.01. The molecule has 0 atom stereocenters. The second kappa shape index (κ2) is 6.70. The van der Waals surface area contributed by atoms with Gasteiger partial charge in [-0.05, 0) is 52.3 Å². The molecule has 0 N–H and O–H groups in total. The van der Waals surface area contributed by atoms with Gasteiger partial charge in [0.25, 0.3) is 11.6 Å². The van der Waals surface area contributed by atoms with Crippen molar-refractivity contribution in [2.45, 2.75) is 4.90 Å². The minimum absolute atomic E-state index is 0.145. The zero-order valence-electron chi connectivity index (χ0n) is 12.8. The molecule has 0 aromatic heterocycles. The highest BCUT2D eigenvalue weighted by Gasteiger charge is 2.19. The first kappa shape index (κ1) is 18.1. The minimum Gasteiger partial charge on any atom is -0.311 e. The smallest absolute Gasteiger partial charge is 0.284 e. The van der Waals surface area contributed by atoms with E-state index in [-0.39, 0.29) is 20.6 Å². The summed E-state index contributed by atoms with van der Waals surface area (Å²) >= 11 is 3.07. The van der Waals surface area contributed by atoms with Crippen LogP contribution in [-0.4, -0.2) is 32.6 Å². The van der Waals surface area contributed by atoms with Gasteiger partial charge in [-0.3, -0.25) is 14.9 Å². The van der Waals surface area contributed by atoms with Crippen molar-refractivity contribution in [1.29, 1.82) is 0 Å². The zero-order chi connectivity index (χ0) is 18.1. The zero-order valence-corrected chi connectivity index (χ0v) is 15.2. The van der Waals surface area contributed by atoms with Crippen LogP contribution in [0.25, 0.3) is 0 Å². The molecule has 2 rings (SSSR count). The van der Waals surface area contributed by atoms with E-state index in [1.165, 1.54) is 54.4 Å². The Kier molecular flexibility index (Phi) is 5.05. The van der Waals surface area contributed by atoms with E-state index in [1.807, 2.05) is 0 Å². The van der Waals surface area contributed by atoms with E-state index in [0.29, 0.717) is 5.69 Å². The number of carbonyl (C=O) groups excluding carboxylic acids is 1. The van der Waals surface area contributed by atoms with Crippen molar-refractivity contribution in [3.8, 4) is 0 Å². The second-order valence-corrected chi connectivity index (χ2v) is 7.92. The van der Waals surface area contributed by atoms with Crippen LogP contribution in [0.1, 0.15) is 10.4 Å². The molecule has 0 heterocycles. The SMILES string of the molecule is CN(C(=O)c1ccc(Br)c([N+](=O)[O-])c1)c1ccc(S(C)(=O)=O)cc1. The highest BCUT2D eigenvalue weighted by molar-refractivity contribution is 9.10. The molecule has 24 heavy (non-hydrogen) atoms. The number of carbonyl (C=O) groups is 1. The van der Waals surface area contributed by atoms with Gasteiger partial charge in [0.1, 0.15) is 0 Å². The van der Waals surface area contributed by atoms with Crippen LogP contribution in [0.3, 0.4) is 0 Å². The van der Waals surface area contributed by atoms with Crippen LogP contribution in [0, 0.1) is 10.1 Å². The predicted molar refractivity (Wildman–Crippen MR) is 93.1 cm³/mol. The number of nitrogens with zero attached hydrogens (tertiary/aromatic N) is 2. The lowest BCUT2D eigenvalue weighted by molar-refractivity contribution is -0.385. The molecule has 2 aromatic carbocycles. The van der Waals surface area contributed by atoms with Gasteiger partial charge in [0, 0.05) is 30.6 Å². The standard InChI is InChI=1S/C15H13BrN2O5S/c1-17(11-4-6-12(7-5-11)24(2,22)23)15(19)10-3-8-13(16)14(9-10)18(20)21/h3-9H,1-2H3. The summed E-state index contributed by atoms with van der Waals surface area (Å²) in [6, 6.07) is 9.90. The molecule has 0 saturated carbocycles. The average molecular weight is 413 g/mol. The summed E-state index contributed by atoms with van der Waals surface area (Å²) in [5, 5.41) is 11.0. The Hall–Kier alpha value is -2.26. The number of amides is 1. The molecule has 0 unspecified atom stereocenters. The van der Waals surface area contributed by atoms with Crippen LogP contribution in [-0.2, 0) is 9.84 Å². The summed E-state index contributed by atoms with van der Waals surface area (Å²) in [6.45, 7) is 0. The minimum atomic E-state index is -3.32. The van der Waals surface area contributed by atoms with Gasteiger partial charge in [-0.25, -0.2) is 8.42 Å². The highest BCUT2D eigenvalue weighted by atomic mass is 79.9. The quantitative estimate of drug-likeness (QED) is 0.567. The lowest BCUT2D eigenvalue weighted by Crippen LogP contribution is -2.26. The molecule has 0 aliphatic heterocycles. The summed E-state index contributed by atoms with van der Waals surface area (Å²) in [4.78, 5) is 24.3. The number of hydrogen-bond acceptors (Lipinski definition) is 5. The lowest BCUT2D eigenvalue weighted by atomic mass is 10.1. The number of halogens is 1. The molecule has 0 radical (unpaired) electrons. The first-order valence-corrected chi connectivity index (χ1v) is 9.32. The van der Waals surface area contributed by atoms with E-state index in [1.54, 1.807) is 0 Å². The molecular formula is C15H13BrN2O5S. The molecule has 126 valence electrons. The van der Waals surface area contributed by atoms with Gasteiger partial charge in [0.15, 0.2) is 9.84 Å². The number of hydrogen-bond donors (Lipinski definition) is 0. The van der Waals surface area contributed by atoms with Crippen LogP contribution in [0.15, 0.2) is 51.8 Å². The first-order chi connectivity index (χ1) is 11.1. The number of sulfone groups is 1. The Morgan fingerprint density at radius 2 is 1.75 bits per heavy atom. The molecule has 9 heteroatoms. The molecule has 7 nitrogen and oxygen atoms in total. The Morgan fingerprint density at radius 1 is 1.17 bits per heavy atom. The molecule has 0 saturated heterocycles. The Labute approximate surface area is 147 Å². The van der Waals surface area contributed by atoms with Crippen molar-refractivity contribution < 1.29 is 18.1 Å². The highest BCUT2D eigenvalue weighted by Crippen LogP contribution is 2.27. The van der Waals surface area contributed by atoms with Gasteiger partial charge in [-0.15, -0.1) is 0 Å². The second-order valence-electron chi connectivity index (χ2n) is 5.05. The van der Waals surface area contributed by atoms with Crippen LogP contribution >= 0.6 is 15.9 Å². The van der Waals surface area contributed by atoms with Crippen LogP contribution in [0.5, 0.6) is 0 Å². The van der Waals surface area contributed by atoms with Crippen LogP contribution in [0.4, 0.5) is 11.4 Å². The van der Waals surface area contributed by atoms with Gasteiger partial charge in [-0.2, -0.15) is 0 Å². The molecule has 2 aromatic rings. The maximum absolute atomic E-state index is 12.5. The molecule has 0 aliphatic rings. The summed E-state index contributed by atoms with van der Waals surface area (Å²) in [5.74, 6) is -0.447.